The monoisotopic (exact) mass is 256 g/mol. The van der Waals surface area contributed by atoms with E-state index >= 15 is 0 Å². The van der Waals surface area contributed by atoms with Gasteiger partial charge in [0.25, 0.3) is 0 Å². The van der Waals surface area contributed by atoms with Gasteiger partial charge in [-0.1, -0.05) is 18.2 Å². The Hall–Kier alpha value is -1.18. The largest absolute Gasteiger partial charge is 0.462 e. The lowest BCUT2D eigenvalue weighted by Gasteiger charge is -2.39. The first-order chi connectivity index (χ1) is 8.63. The van der Waals surface area contributed by atoms with Gasteiger partial charge in [-0.2, -0.15) is 0 Å². The molecule has 6 heteroatoms. The van der Waals surface area contributed by atoms with E-state index in [1.54, 1.807) is 30.3 Å². The lowest BCUT2D eigenvalue weighted by Crippen LogP contribution is -2.60. The topological polar surface area (TPSA) is 99.4 Å². The number of ether oxygens (including phenoxy) is 2. The van der Waals surface area contributed by atoms with Crippen LogP contribution in [0.2, 0.25) is 0 Å². The summed E-state index contributed by atoms with van der Waals surface area (Å²) in [6.07, 6.45) is -6.28. The van der Waals surface area contributed by atoms with E-state index in [9.17, 15) is 15.3 Å². The molecule has 2 rings (SSSR count). The van der Waals surface area contributed by atoms with Crippen LogP contribution in [0.3, 0.4) is 0 Å². The molecule has 6 nitrogen and oxygen atoms in total. The minimum absolute atomic E-state index is 0.460. The van der Waals surface area contributed by atoms with E-state index < -0.39 is 37.3 Å². The molecule has 1 aromatic carbocycles. The molecule has 0 unspecified atom stereocenters. The SMILES string of the molecule is OC[C@H]1O[C@@H](Oc2ccccc2)[C@H](O)[C@H](O)[C@@H]1O. The van der Waals surface area contributed by atoms with Crippen LogP contribution < -0.4 is 4.74 Å². The van der Waals surface area contributed by atoms with Crippen molar-refractivity contribution in [1.82, 2.24) is 0 Å². The molecule has 0 spiro atoms. The van der Waals surface area contributed by atoms with Crippen LogP contribution in [0.5, 0.6) is 5.75 Å². The fraction of sp³-hybridized carbons (Fsp3) is 0.500. The first-order valence-electron chi connectivity index (χ1n) is 5.65. The Morgan fingerprint density at radius 1 is 1.00 bits per heavy atom. The van der Waals surface area contributed by atoms with E-state index in [-0.39, 0.29) is 0 Å². The summed E-state index contributed by atoms with van der Waals surface area (Å²) in [5.41, 5.74) is 0. The lowest BCUT2D eigenvalue weighted by atomic mass is 9.99. The van der Waals surface area contributed by atoms with E-state index in [0.29, 0.717) is 5.75 Å². The first kappa shape index (κ1) is 13.3. The van der Waals surface area contributed by atoms with Gasteiger partial charge in [0.1, 0.15) is 30.2 Å². The van der Waals surface area contributed by atoms with Crippen LogP contribution in [0.15, 0.2) is 30.3 Å². The molecule has 1 aliphatic heterocycles. The molecular formula is C12H16O6. The summed E-state index contributed by atoms with van der Waals surface area (Å²) in [5, 5.41) is 37.9. The van der Waals surface area contributed by atoms with Crippen LogP contribution in [-0.4, -0.2) is 57.7 Å². The van der Waals surface area contributed by atoms with Gasteiger partial charge in [-0.25, -0.2) is 0 Å². The standard InChI is InChI=1S/C12H16O6/c13-6-8-9(14)10(15)11(16)12(18-8)17-7-4-2-1-3-5-7/h1-5,8-16H,6H2/t8-,9-,10-,11-,12-/m1/s1. The van der Waals surface area contributed by atoms with Crippen molar-refractivity contribution in [1.29, 1.82) is 0 Å². The summed E-state index contributed by atoms with van der Waals surface area (Å²) in [5.74, 6) is 0.460. The molecule has 0 aromatic heterocycles. The van der Waals surface area contributed by atoms with Gasteiger partial charge in [0.15, 0.2) is 0 Å². The Bertz CT molecular complexity index is 368. The molecule has 1 heterocycles. The van der Waals surface area contributed by atoms with Gasteiger partial charge in [0.2, 0.25) is 6.29 Å². The number of hydrogen-bond acceptors (Lipinski definition) is 6. The molecule has 0 aliphatic carbocycles. The molecule has 1 fully saturated rings. The fourth-order valence-corrected chi connectivity index (χ4v) is 1.80. The maximum Gasteiger partial charge on any atom is 0.229 e. The third kappa shape index (κ3) is 2.63. The van der Waals surface area contributed by atoms with Crippen LogP contribution in [0, 0.1) is 0 Å². The molecule has 4 N–H and O–H groups in total. The van der Waals surface area contributed by atoms with Crippen LogP contribution in [-0.2, 0) is 4.74 Å². The summed E-state index contributed by atoms with van der Waals surface area (Å²) < 4.78 is 10.6. The van der Waals surface area contributed by atoms with Crippen LogP contribution in [0.25, 0.3) is 0 Å². The van der Waals surface area contributed by atoms with E-state index in [0.717, 1.165) is 0 Å². The molecule has 0 amide bonds. The summed E-state index contributed by atoms with van der Waals surface area (Å²) >= 11 is 0. The predicted octanol–water partition coefficient (Wildman–Crippen LogP) is -1.13. The third-order valence-electron chi connectivity index (χ3n) is 2.84. The number of rotatable bonds is 3. The molecule has 18 heavy (non-hydrogen) atoms. The van der Waals surface area contributed by atoms with Crippen LogP contribution in [0.4, 0.5) is 0 Å². The van der Waals surface area contributed by atoms with Crippen molar-refractivity contribution in [2.45, 2.75) is 30.7 Å². The Labute approximate surface area is 104 Å². The van der Waals surface area contributed by atoms with Crippen molar-refractivity contribution < 1.29 is 29.9 Å². The molecule has 5 atom stereocenters. The molecule has 1 aromatic rings. The zero-order chi connectivity index (χ0) is 13.1. The number of hydrogen-bond donors (Lipinski definition) is 4. The number of para-hydroxylation sites is 1. The highest BCUT2D eigenvalue weighted by molar-refractivity contribution is 5.21. The first-order valence-corrected chi connectivity index (χ1v) is 5.65. The molecule has 100 valence electrons. The minimum atomic E-state index is -1.43. The van der Waals surface area contributed by atoms with Gasteiger partial charge in [0, 0.05) is 0 Å². The Balaban J connectivity index is 2.08. The highest BCUT2D eigenvalue weighted by Gasteiger charge is 2.44. The summed E-state index contributed by atoms with van der Waals surface area (Å²) in [6.45, 7) is -0.473. The Morgan fingerprint density at radius 2 is 1.67 bits per heavy atom. The fourth-order valence-electron chi connectivity index (χ4n) is 1.80. The van der Waals surface area contributed by atoms with Crippen LogP contribution >= 0.6 is 0 Å². The maximum atomic E-state index is 9.74. The zero-order valence-corrected chi connectivity index (χ0v) is 9.59. The van der Waals surface area contributed by atoms with E-state index in [2.05, 4.69) is 0 Å². The third-order valence-corrected chi connectivity index (χ3v) is 2.84. The molecule has 1 saturated heterocycles. The highest BCUT2D eigenvalue weighted by atomic mass is 16.7. The zero-order valence-electron chi connectivity index (χ0n) is 9.59. The van der Waals surface area contributed by atoms with Crippen molar-refractivity contribution in [3.8, 4) is 5.75 Å². The summed E-state index contributed by atoms with van der Waals surface area (Å²) in [7, 11) is 0. The van der Waals surface area contributed by atoms with E-state index in [4.69, 9.17) is 14.6 Å². The van der Waals surface area contributed by atoms with Gasteiger partial charge in [-0.15, -0.1) is 0 Å². The van der Waals surface area contributed by atoms with Gasteiger partial charge in [0.05, 0.1) is 6.61 Å². The second kappa shape index (κ2) is 5.64. The molecular weight excluding hydrogens is 240 g/mol. The van der Waals surface area contributed by atoms with Gasteiger partial charge in [-0.3, -0.25) is 0 Å². The van der Waals surface area contributed by atoms with E-state index in [1.807, 2.05) is 0 Å². The second-order valence-corrected chi connectivity index (χ2v) is 4.13. The van der Waals surface area contributed by atoms with Crippen LogP contribution in [0.1, 0.15) is 0 Å². The van der Waals surface area contributed by atoms with Crippen molar-refractivity contribution in [3.05, 3.63) is 30.3 Å². The van der Waals surface area contributed by atoms with Crippen molar-refractivity contribution in [2.24, 2.45) is 0 Å². The van der Waals surface area contributed by atoms with Crippen molar-refractivity contribution in [3.63, 3.8) is 0 Å². The normalized spacial score (nSPS) is 36.3. The highest BCUT2D eigenvalue weighted by Crippen LogP contribution is 2.23. The average molecular weight is 256 g/mol. The van der Waals surface area contributed by atoms with Gasteiger partial charge in [-0.05, 0) is 12.1 Å². The average Bonchev–Trinajstić information content (AvgIpc) is 2.40. The summed E-state index contributed by atoms with van der Waals surface area (Å²) in [6, 6.07) is 8.64. The van der Waals surface area contributed by atoms with Gasteiger partial charge >= 0.3 is 0 Å². The predicted molar refractivity (Wildman–Crippen MR) is 60.8 cm³/mol. The molecule has 1 aliphatic rings. The molecule has 0 bridgehead atoms. The molecule has 0 radical (unpaired) electrons. The minimum Gasteiger partial charge on any atom is -0.462 e. The van der Waals surface area contributed by atoms with Crippen molar-refractivity contribution >= 4 is 0 Å². The quantitative estimate of drug-likeness (QED) is 0.546. The molecule has 0 saturated carbocycles. The maximum absolute atomic E-state index is 9.74. The number of benzene rings is 1. The number of aliphatic hydroxyl groups is 4. The number of aliphatic hydroxyl groups excluding tert-OH is 4. The van der Waals surface area contributed by atoms with Gasteiger partial charge < -0.3 is 29.9 Å². The van der Waals surface area contributed by atoms with Crippen molar-refractivity contribution in [2.75, 3.05) is 6.61 Å². The summed E-state index contributed by atoms with van der Waals surface area (Å²) in [4.78, 5) is 0. The Kier molecular flexibility index (Phi) is 4.15. The lowest BCUT2D eigenvalue weighted by molar-refractivity contribution is -0.277. The Morgan fingerprint density at radius 3 is 2.28 bits per heavy atom. The second-order valence-electron chi connectivity index (χ2n) is 4.13. The smallest absolute Gasteiger partial charge is 0.229 e. The van der Waals surface area contributed by atoms with E-state index in [1.165, 1.54) is 0 Å².